The molecule has 2 unspecified atom stereocenters. The third kappa shape index (κ3) is 5.60. The fraction of sp³-hybridized carbons (Fsp3) is 0.700. The van der Waals surface area contributed by atoms with Crippen molar-refractivity contribution in [1.82, 2.24) is 20.0 Å². The number of halogens is 3. The Bertz CT molecular complexity index is 1060. The van der Waals surface area contributed by atoms with Crippen molar-refractivity contribution in [2.75, 3.05) is 13.1 Å². The van der Waals surface area contributed by atoms with Crippen molar-refractivity contribution in [3.63, 3.8) is 0 Å². The Morgan fingerprint density at radius 1 is 1.02 bits per heavy atom. The Morgan fingerprint density at radius 2 is 1.62 bits per heavy atom. The number of carbonyl (C=O) groups is 3. The summed E-state index contributed by atoms with van der Waals surface area (Å²) in [5, 5.41) is 3.19. The van der Waals surface area contributed by atoms with E-state index < -0.39 is 11.5 Å². The molecule has 1 spiro atoms. The zero-order valence-electron chi connectivity index (χ0n) is 23.8. The highest BCUT2D eigenvalue weighted by Gasteiger charge is 2.63. The summed E-state index contributed by atoms with van der Waals surface area (Å²) in [5.74, 6) is -3.23. The van der Waals surface area contributed by atoms with Crippen molar-refractivity contribution in [2.24, 2.45) is 5.92 Å². The normalized spacial score (nSPS) is 29.2. The first kappa shape index (κ1) is 30.7. The van der Waals surface area contributed by atoms with Crippen LogP contribution in [0.15, 0.2) is 30.3 Å². The number of likely N-dealkylation sites (N-methyl/N-ethyl adjacent to an activating group) is 1. The zero-order chi connectivity index (χ0) is 27.9. The van der Waals surface area contributed by atoms with Gasteiger partial charge in [-0.05, 0) is 71.3 Å². The van der Waals surface area contributed by atoms with Gasteiger partial charge in [-0.25, -0.2) is 13.6 Å². The molecule has 2 bridgehead atoms. The predicted molar refractivity (Wildman–Crippen MR) is 151 cm³/mol. The fourth-order valence-electron chi connectivity index (χ4n) is 7.68. The number of carbonyl (C=O) groups excluding carboxylic acids is 3. The summed E-state index contributed by atoms with van der Waals surface area (Å²) in [7, 11) is 0. The van der Waals surface area contributed by atoms with E-state index in [-0.39, 0.29) is 86.0 Å². The summed E-state index contributed by atoms with van der Waals surface area (Å²) in [6.45, 7) is 6.98. The van der Waals surface area contributed by atoms with E-state index in [1.54, 1.807) is 0 Å². The number of nitrogens with zero attached hydrogens (tertiary/aromatic N) is 3. The molecule has 0 radical (unpaired) electrons. The Kier molecular flexibility index (Phi) is 9.15. The maximum atomic E-state index is 13.7. The number of piperidine rings is 1. The summed E-state index contributed by atoms with van der Waals surface area (Å²) in [5.41, 5.74) is 0.244. The molecule has 3 saturated heterocycles. The first-order chi connectivity index (χ1) is 18.6. The lowest BCUT2D eigenvalue weighted by atomic mass is 9.80. The predicted octanol–water partition coefficient (Wildman–Crippen LogP) is 5.54. The molecule has 1 N–H and O–H groups in total. The van der Waals surface area contributed by atoms with Gasteiger partial charge in [0, 0.05) is 50.0 Å². The van der Waals surface area contributed by atoms with Gasteiger partial charge >= 0.3 is 6.03 Å². The number of hydrogen-bond donors (Lipinski definition) is 1. The molecule has 4 amide bonds. The Hall–Kier alpha value is -2.26. The molecule has 3 atom stereocenters. The van der Waals surface area contributed by atoms with Gasteiger partial charge in [0.05, 0.1) is 6.04 Å². The van der Waals surface area contributed by atoms with Crippen LogP contribution in [0.3, 0.4) is 0 Å². The molecule has 3 heterocycles. The molecule has 3 aliphatic heterocycles. The van der Waals surface area contributed by atoms with E-state index >= 15 is 0 Å². The number of alkyl halides is 2. The van der Waals surface area contributed by atoms with Crippen molar-refractivity contribution >= 4 is 30.3 Å². The van der Waals surface area contributed by atoms with Gasteiger partial charge in [0.25, 0.3) is 5.91 Å². The van der Waals surface area contributed by atoms with Crippen molar-refractivity contribution in [1.29, 1.82) is 0 Å². The van der Waals surface area contributed by atoms with E-state index in [1.165, 1.54) is 4.90 Å². The van der Waals surface area contributed by atoms with Crippen LogP contribution < -0.4 is 5.32 Å². The Balaban J connectivity index is 0.00000370. The summed E-state index contributed by atoms with van der Waals surface area (Å²) in [6.07, 6.45) is 3.92. The van der Waals surface area contributed by atoms with Gasteiger partial charge in [0.2, 0.25) is 11.8 Å². The third-order valence-corrected chi connectivity index (χ3v) is 9.57. The SMILES string of the molecule is CCN1C(=O)N(C(C)C)C2(CC3CCC(C2)N3CC[C@H](NC(=O)C2CCC(F)(F)CC2)c2ccccc2)C1=O.Cl. The Morgan fingerprint density at radius 3 is 2.17 bits per heavy atom. The monoisotopic (exact) mass is 580 g/mol. The molecular formula is C30H43ClF2N4O3. The van der Waals surface area contributed by atoms with Crippen LogP contribution in [0.25, 0.3) is 0 Å². The van der Waals surface area contributed by atoms with Crippen LogP contribution >= 0.6 is 12.4 Å². The lowest BCUT2D eigenvalue weighted by Gasteiger charge is -2.48. The van der Waals surface area contributed by atoms with Crippen LogP contribution in [-0.4, -0.2) is 75.2 Å². The average molecular weight is 581 g/mol. The van der Waals surface area contributed by atoms with Crippen molar-refractivity contribution in [2.45, 2.75) is 114 Å². The molecule has 222 valence electrons. The first-order valence-electron chi connectivity index (χ1n) is 14.7. The second kappa shape index (κ2) is 11.9. The average Bonchev–Trinajstić information content (AvgIpc) is 3.26. The van der Waals surface area contributed by atoms with Crippen LogP contribution in [0.4, 0.5) is 13.6 Å². The summed E-state index contributed by atoms with van der Waals surface area (Å²) in [4.78, 5) is 45.6. The van der Waals surface area contributed by atoms with E-state index in [0.29, 0.717) is 25.8 Å². The fourth-order valence-corrected chi connectivity index (χ4v) is 7.68. The number of urea groups is 1. The van der Waals surface area contributed by atoms with E-state index in [0.717, 1.165) is 24.9 Å². The number of amides is 4. The van der Waals surface area contributed by atoms with Crippen molar-refractivity contribution in [3.8, 4) is 0 Å². The molecule has 40 heavy (non-hydrogen) atoms. The highest BCUT2D eigenvalue weighted by atomic mass is 35.5. The summed E-state index contributed by atoms with van der Waals surface area (Å²) in [6, 6.07) is 9.81. The number of imide groups is 1. The largest absolute Gasteiger partial charge is 0.349 e. The minimum Gasteiger partial charge on any atom is -0.349 e. The van der Waals surface area contributed by atoms with Gasteiger partial charge in [-0.15, -0.1) is 12.4 Å². The molecular weight excluding hydrogens is 538 g/mol. The number of nitrogens with one attached hydrogen (secondary N) is 1. The van der Waals surface area contributed by atoms with E-state index in [2.05, 4.69) is 10.2 Å². The van der Waals surface area contributed by atoms with E-state index in [9.17, 15) is 23.2 Å². The van der Waals surface area contributed by atoms with Gasteiger partial charge in [0.15, 0.2) is 0 Å². The number of fused-ring (bicyclic) bond motifs is 2. The highest BCUT2D eigenvalue weighted by molar-refractivity contribution is 6.07. The van der Waals surface area contributed by atoms with Crippen LogP contribution in [0.2, 0.25) is 0 Å². The lowest BCUT2D eigenvalue weighted by Crippen LogP contribution is -2.61. The van der Waals surface area contributed by atoms with Crippen molar-refractivity contribution in [3.05, 3.63) is 35.9 Å². The molecule has 4 aliphatic rings. The second-order valence-electron chi connectivity index (χ2n) is 12.2. The molecule has 7 nitrogen and oxygen atoms in total. The molecule has 0 aromatic heterocycles. The zero-order valence-corrected chi connectivity index (χ0v) is 24.6. The van der Waals surface area contributed by atoms with Gasteiger partial charge in [-0.1, -0.05) is 30.3 Å². The minimum absolute atomic E-state index is 0. The number of benzene rings is 1. The Labute approximate surface area is 242 Å². The molecule has 10 heteroatoms. The maximum Gasteiger partial charge on any atom is 0.327 e. The lowest BCUT2D eigenvalue weighted by molar-refractivity contribution is -0.138. The van der Waals surface area contributed by atoms with Crippen LogP contribution in [0, 0.1) is 5.92 Å². The molecule has 1 aromatic carbocycles. The molecule has 5 rings (SSSR count). The number of hydrogen-bond acceptors (Lipinski definition) is 4. The summed E-state index contributed by atoms with van der Waals surface area (Å²) >= 11 is 0. The van der Waals surface area contributed by atoms with Crippen LogP contribution in [-0.2, 0) is 9.59 Å². The maximum absolute atomic E-state index is 13.7. The third-order valence-electron chi connectivity index (χ3n) is 9.57. The van der Waals surface area contributed by atoms with Crippen LogP contribution in [0.1, 0.15) is 90.2 Å². The molecule has 1 aromatic rings. The molecule has 1 saturated carbocycles. The highest BCUT2D eigenvalue weighted by Crippen LogP contribution is 2.48. The molecule has 4 fully saturated rings. The smallest absolute Gasteiger partial charge is 0.327 e. The van der Waals surface area contributed by atoms with Crippen molar-refractivity contribution < 1.29 is 23.2 Å². The van der Waals surface area contributed by atoms with Crippen LogP contribution in [0.5, 0.6) is 0 Å². The topological polar surface area (TPSA) is 73.0 Å². The summed E-state index contributed by atoms with van der Waals surface area (Å²) < 4.78 is 27.3. The molecule has 1 aliphatic carbocycles. The minimum atomic E-state index is -2.66. The van der Waals surface area contributed by atoms with Gasteiger partial charge in [0.1, 0.15) is 5.54 Å². The number of rotatable bonds is 8. The second-order valence-corrected chi connectivity index (χ2v) is 12.2. The van der Waals surface area contributed by atoms with E-state index in [4.69, 9.17) is 0 Å². The quantitative estimate of drug-likeness (QED) is 0.410. The van der Waals surface area contributed by atoms with Gasteiger partial charge in [-0.3, -0.25) is 19.4 Å². The van der Waals surface area contributed by atoms with E-state index in [1.807, 2.05) is 56.0 Å². The first-order valence-corrected chi connectivity index (χ1v) is 14.7. The van der Waals surface area contributed by atoms with Gasteiger partial charge in [-0.2, -0.15) is 0 Å². The standard InChI is InChI=1S/C30H42F2N4O3.ClH/c1-4-34-27(38)29(36(20(2)3)28(34)39)18-23-10-11-24(19-29)35(23)17-14-25(21-8-6-5-7-9-21)33-26(37)22-12-15-30(31,32)16-13-22;/h5-9,20,22-25H,4,10-19H2,1-3H3,(H,33,37);1H/t23?,24?,25-,29?;/m0./s1. The van der Waals surface area contributed by atoms with Gasteiger partial charge < -0.3 is 10.2 Å².